The van der Waals surface area contributed by atoms with Gasteiger partial charge in [-0.25, -0.2) is 13.2 Å². The lowest BCUT2D eigenvalue weighted by Crippen LogP contribution is -2.40. The number of methoxy groups -OCH3 is 1. The largest absolute Gasteiger partial charge is 0.495 e. The van der Waals surface area contributed by atoms with Gasteiger partial charge in [0.05, 0.1) is 25.2 Å². The Morgan fingerprint density at radius 3 is 2.59 bits per heavy atom. The van der Waals surface area contributed by atoms with E-state index in [4.69, 9.17) is 14.2 Å². The molecule has 1 aromatic carbocycles. The van der Waals surface area contributed by atoms with Crippen molar-refractivity contribution in [1.82, 2.24) is 4.31 Å². The lowest BCUT2D eigenvalue weighted by atomic mass is 10.3. The number of morpholine rings is 1. The van der Waals surface area contributed by atoms with Crippen molar-refractivity contribution in [1.29, 1.82) is 0 Å². The average molecular weight is 485 g/mol. The predicted octanol–water partition coefficient (Wildman–Crippen LogP) is 1.48. The number of benzene rings is 1. The number of carbonyl (C=O) groups is 2. The van der Waals surface area contributed by atoms with E-state index >= 15 is 0 Å². The van der Waals surface area contributed by atoms with Gasteiger partial charge in [0.25, 0.3) is 5.91 Å². The molecule has 0 bridgehead atoms. The number of thiophene rings is 1. The van der Waals surface area contributed by atoms with E-state index in [1.165, 1.54) is 35.7 Å². The maximum absolute atomic E-state index is 13.0. The van der Waals surface area contributed by atoms with Crippen molar-refractivity contribution in [2.75, 3.05) is 45.3 Å². The minimum Gasteiger partial charge on any atom is -0.495 e. The zero-order chi connectivity index (χ0) is 23.3. The Labute approximate surface area is 186 Å². The Balaban J connectivity index is 1.67. The Kier molecular flexibility index (Phi) is 7.40. The van der Waals surface area contributed by atoms with Crippen molar-refractivity contribution in [3.05, 3.63) is 45.3 Å². The minimum atomic E-state index is -3.89. The molecular weight excluding hydrogens is 466 g/mol. The van der Waals surface area contributed by atoms with Crippen LogP contribution in [0.5, 0.6) is 5.75 Å². The SMILES string of the molecule is COc1ccc(NC(=O)COC(=O)c2ccc([N+](=O)[O-])s2)cc1S(=O)(=O)N1CCOCC1. The molecule has 1 aliphatic heterocycles. The van der Waals surface area contributed by atoms with Crippen LogP contribution >= 0.6 is 11.3 Å². The Morgan fingerprint density at radius 1 is 1.25 bits per heavy atom. The molecule has 1 aliphatic rings. The molecule has 2 heterocycles. The fourth-order valence-corrected chi connectivity index (χ4v) is 5.12. The molecule has 1 N–H and O–H groups in total. The van der Waals surface area contributed by atoms with Gasteiger partial charge in [-0.3, -0.25) is 14.9 Å². The van der Waals surface area contributed by atoms with Gasteiger partial charge in [0.1, 0.15) is 15.5 Å². The summed E-state index contributed by atoms with van der Waals surface area (Å²) < 4.78 is 42.5. The van der Waals surface area contributed by atoms with Crippen LogP contribution in [0.2, 0.25) is 0 Å². The van der Waals surface area contributed by atoms with Crippen molar-refractivity contribution in [2.45, 2.75) is 4.90 Å². The predicted molar refractivity (Wildman–Crippen MR) is 112 cm³/mol. The van der Waals surface area contributed by atoms with Gasteiger partial charge < -0.3 is 19.5 Å². The number of esters is 1. The summed E-state index contributed by atoms with van der Waals surface area (Å²) in [6, 6.07) is 6.50. The highest BCUT2D eigenvalue weighted by molar-refractivity contribution is 7.89. The number of nitrogens with zero attached hydrogens (tertiary/aromatic N) is 2. The summed E-state index contributed by atoms with van der Waals surface area (Å²) in [7, 11) is -2.56. The van der Waals surface area contributed by atoms with Crippen LogP contribution in [0.15, 0.2) is 35.2 Å². The molecule has 2 aromatic rings. The Bertz CT molecular complexity index is 1120. The molecule has 12 nitrogen and oxygen atoms in total. The first-order valence-corrected chi connectivity index (χ1v) is 11.4. The zero-order valence-electron chi connectivity index (χ0n) is 16.8. The average Bonchev–Trinajstić information content (AvgIpc) is 3.29. The molecule has 0 saturated carbocycles. The summed E-state index contributed by atoms with van der Waals surface area (Å²) in [5.41, 5.74) is 0.158. The molecule has 0 spiro atoms. The van der Waals surface area contributed by atoms with Crippen molar-refractivity contribution in [3.63, 3.8) is 0 Å². The van der Waals surface area contributed by atoms with Crippen LogP contribution in [0.4, 0.5) is 10.7 Å². The third kappa shape index (κ3) is 5.40. The van der Waals surface area contributed by atoms with Gasteiger partial charge in [0.15, 0.2) is 6.61 Å². The summed E-state index contributed by atoms with van der Waals surface area (Å²) in [6.07, 6.45) is 0. The second-order valence-corrected chi connectivity index (χ2v) is 9.37. The van der Waals surface area contributed by atoms with E-state index < -0.39 is 33.4 Å². The van der Waals surface area contributed by atoms with E-state index in [1.54, 1.807) is 0 Å². The van der Waals surface area contributed by atoms with Gasteiger partial charge in [-0.2, -0.15) is 4.31 Å². The molecule has 1 saturated heterocycles. The zero-order valence-corrected chi connectivity index (χ0v) is 18.4. The Hall–Kier alpha value is -3.07. The molecule has 32 heavy (non-hydrogen) atoms. The number of nitrogens with one attached hydrogen (secondary N) is 1. The fraction of sp³-hybridized carbons (Fsp3) is 0.333. The number of hydrogen-bond acceptors (Lipinski definition) is 10. The van der Waals surface area contributed by atoms with Gasteiger partial charge in [-0.05, 0) is 24.3 Å². The van der Waals surface area contributed by atoms with E-state index in [0.29, 0.717) is 11.3 Å². The number of amides is 1. The Morgan fingerprint density at radius 2 is 1.97 bits per heavy atom. The molecule has 3 rings (SSSR count). The monoisotopic (exact) mass is 485 g/mol. The third-order valence-corrected chi connectivity index (χ3v) is 7.28. The number of carbonyl (C=O) groups excluding carboxylic acids is 2. The summed E-state index contributed by atoms with van der Waals surface area (Å²) in [5.74, 6) is -1.49. The molecule has 1 amide bonds. The van der Waals surface area contributed by atoms with Crippen molar-refractivity contribution >= 4 is 43.9 Å². The van der Waals surface area contributed by atoms with Crippen LogP contribution in [0.25, 0.3) is 0 Å². The van der Waals surface area contributed by atoms with Gasteiger partial charge in [-0.15, -0.1) is 0 Å². The summed E-state index contributed by atoms with van der Waals surface area (Å²) in [6.45, 7) is 0.271. The molecule has 0 unspecified atom stereocenters. The normalized spacial score (nSPS) is 14.5. The number of rotatable bonds is 8. The second-order valence-electron chi connectivity index (χ2n) is 6.40. The fourth-order valence-electron chi connectivity index (χ4n) is 2.82. The van der Waals surface area contributed by atoms with Crippen LogP contribution in [-0.4, -0.2) is 69.5 Å². The van der Waals surface area contributed by atoms with Crippen LogP contribution < -0.4 is 10.1 Å². The molecule has 0 radical (unpaired) electrons. The summed E-state index contributed by atoms with van der Waals surface area (Å²) in [4.78, 5) is 34.0. The minimum absolute atomic E-state index is 0.0205. The van der Waals surface area contributed by atoms with E-state index in [-0.39, 0.29) is 52.5 Å². The maximum atomic E-state index is 13.0. The second kappa shape index (κ2) is 10.0. The molecule has 14 heteroatoms. The summed E-state index contributed by atoms with van der Waals surface area (Å²) in [5, 5.41) is 12.9. The molecule has 1 aromatic heterocycles. The van der Waals surface area contributed by atoms with Crippen LogP contribution in [0.1, 0.15) is 9.67 Å². The third-order valence-electron chi connectivity index (χ3n) is 4.34. The van der Waals surface area contributed by atoms with Gasteiger partial charge in [0.2, 0.25) is 10.0 Å². The number of hydrogen-bond donors (Lipinski definition) is 1. The molecular formula is C18H19N3O9S2. The highest BCUT2D eigenvalue weighted by Crippen LogP contribution is 2.30. The number of anilines is 1. The van der Waals surface area contributed by atoms with E-state index in [0.717, 1.165) is 6.07 Å². The maximum Gasteiger partial charge on any atom is 0.349 e. The quantitative estimate of drug-likeness (QED) is 0.332. The standard InChI is InChI=1S/C18H19N3O9S2/c1-28-13-3-2-12(10-15(13)32(26,27)20-6-8-29-9-7-20)19-16(22)11-30-18(23)14-4-5-17(31-14)21(24)25/h2-5,10H,6-9,11H2,1H3,(H,19,22). The topological polar surface area (TPSA) is 154 Å². The number of nitro groups is 1. The molecule has 1 fully saturated rings. The van der Waals surface area contributed by atoms with Gasteiger partial charge in [0, 0.05) is 24.8 Å². The smallest absolute Gasteiger partial charge is 0.349 e. The van der Waals surface area contributed by atoms with Crippen LogP contribution in [0, 0.1) is 10.1 Å². The van der Waals surface area contributed by atoms with Crippen LogP contribution in [0.3, 0.4) is 0 Å². The van der Waals surface area contributed by atoms with E-state index in [2.05, 4.69) is 5.32 Å². The summed E-state index contributed by atoms with van der Waals surface area (Å²) >= 11 is 0.628. The lowest BCUT2D eigenvalue weighted by molar-refractivity contribution is -0.380. The number of ether oxygens (including phenoxy) is 3. The van der Waals surface area contributed by atoms with Gasteiger partial charge >= 0.3 is 11.0 Å². The van der Waals surface area contributed by atoms with Crippen molar-refractivity contribution < 1.29 is 37.1 Å². The highest BCUT2D eigenvalue weighted by Gasteiger charge is 2.29. The molecule has 0 aliphatic carbocycles. The first-order chi connectivity index (χ1) is 15.2. The van der Waals surface area contributed by atoms with Crippen molar-refractivity contribution in [3.8, 4) is 5.75 Å². The highest BCUT2D eigenvalue weighted by atomic mass is 32.2. The van der Waals surface area contributed by atoms with Gasteiger partial charge in [-0.1, -0.05) is 11.3 Å². The van der Waals surface area contributed by atoms with Crippen LogP contribution in [-0.2, 0) is 24.3 Å². The first kappa shape index (κ1) is 23.6. The molecule has 0 atom stereocenters. The van der Waals surface area contributed by atoms with E-state index in [9.17, 15) is 28.1 Å². The lowest BCUT2D eigenvalue weighted by Gasteiger charge is -2.26. The first-order valence-electron chi connectivity index (χ1n) is 9.19. The van der Waals surface area contributed by atoms with Crippen molar-refractivity contribution in [2.24, 2.45) is 0 Å². The molecule has 172 valence electrons. The number of sulfonamides is 1. The van der Waals surface area contributed by atoms with E-state index in [1.807, 2.05) is 0 Å².